The summed E-state index contributed by atoms with van der Waals surface area (Å²) in [5.74, 6) is 1.53. The van der Waals surface area contributed by atoms with Crippen LogP contribution < -0.4 is 10.5 Å². The molecule has 2 N–H and O–H groups in total. The normalized spacial score (nSPS) is 18.8. The zero-order valence-corrected chi connectivity index (χ0v) is 10.6. The quantitative estimate of drug-likeness (QED) is 0.824. The molecule has 1 fully saturated rings. The lowest BCUT2D eigenvalue weighted by atomic mass is 9.99. The van der Waals surface area contributed by atoms with E-state index in [-0.39, 0.29) is 12.1 Å². The molecule has 1 saturated carbocycles. The SMILES string of the molecule is CCOc1ccc(C(N)C(OC)C2CC2)cc1. The van der Waals surface area contributed by atoms with Gasteiger partial charge in [-0.2, -0.15) is 0 Å². The second-order valence-corrected chi connectivity index (χ2v) is 4.57. The molecule has 0 spiro atoms. The molecule has 17 heavy (non-hydrogen) atoms. The first-order valence-corrected chi connectivity index (χ1v) is 6.27. The summed E-state index contributed by atoms with van der Waals surface area (Å²) in [7, 11) is 1.75. The van der Waals surface area contributed by atoms with Crippen LogP contribution in [0.3, 0.4) is 0 Å². The van der Waals surface area contributed by atoms with E-state index >= 15 is 0 Å². The molecule has 0 bridgehead atoms. The molecule has 0 heterocycles. The van der Waals surface area contributed by atoms with Crippen LogP contribution in [0.15, 0.2) is 24.3 Å². The van der Waals surface area contributed by atoms with Crippen LogP contribution in [0.4, 0.5) is 0 Å². The third-order valence-electron chi connectivity index (χ3n) is 3.29. The van der Waals surface area contributed by atoms with Crippen molar-refractivity contribution in [1.82, 2.24) is 0 Å². The highest BCUT2D eigenvalue weighted by Crippen LogP contribution is 2.39. The van der Waals surface area contributed by atoms with E-state index in [9.17, 15) is 0 Å². The van der Waals surface area contributed by atoms with Gasteiger partial charge in [-0.1, -0.05) is 12.1 Å². The van der Waals surface area contributed by atoms with Gasteiger partial charge in [0, 0.05) is 7.11 Å². The highest BCUT2D eigenvalue weighted by molar-refractivity contribution is 5.29. The lowest BCUT2D eigenvalue weighted by Crippen LogP contribution is -2.29. The minimum absolute atomic E-state index is 0.0387. The molecule has 1 aromatic carbocycles. The van der Waals surface area contributed by atoms with E-state index < -0.39 is 0 Å². The Morgan fingerprint density at radius 3 is 2.41 bits per heavy atom. The Labute approximate surface area is 103 Å². The zero-order valence-electron chi connectivity index (χ0n) is 10.6. The monoisotopic (exact) mass is 235 g/mol. The van der Waals surface area contributed by atoms with Crippen molar-refractivity contribution in [3.05, 3.63) is 29.8 Å². The molecule has 0 radical (unpaired) electrons. The predicted octanol–water partition coefficient (Wildman–Crippen LogP) is 2.51. The summed E-state index contributed by atoms with van der Waals surface area (Å²) < 4.78 is 10.9. The lowest BCUT2D eigenvalue weighted by Gasteiger charge is -2.22. The van der Waals surface area contributed by atoms with E-state index in [4.69, 9.17) is 15.2 Å². The second-order valence-electron chi connectivity index (χ2n) is 4.57. The van der Waals surface area contributed by atoms with Crippen molar-refractivity contribution in [3.8, 4) is 5.75 Å². The van der Waals surface area contributed by atoms with E-state index in [0.717, 1.165) is 11.3 Å². The molecule has 3 nitrogen and oxygen atoms in total. The Bertz CT molecular complexity index is 346. The minimum Gasteiger partial charge on any atom is -0.494 e. The van der Waals surface area contributed by atoms with Gasteiger partial charge < -0.3 is 15.2 Å². The highest BCUT2D eigenvalue weighted by Gasteiger charge is 2.35. The fraction of sp³-hybridized carbons (Fsp3) is 0.571. The lowest BCUT2D eigenvalue weighted by molar-refractivity contribution is 0.0624. The summed E-state index contributed by atoms with van der Waals surface area (Å²) in [5, 5.41) is 0. The Morgan fingerprint density at radius 1 is 1.29 bits per heavy atom. The third-order valence-corrected chi connectivity index (χ3v) is 3.29. The molecule has 3 heteroatoms. The van der Waals surface area contributed by atoms with Crippen LogP contribution in [-0.4, -0.2) is 19.8 Å². The Balaban J connectivity index is 2.04. The molecular weight excluding hydrogens is 214 g/mol. The van der Waals surface area contributed by atoms with Crippen molar-refractivity contribution in [3.63, 3.8) is 0 Å². The summed E-state index contributed by atoms with van der Waals surface area (Å²) in [6, 6.07) is 7.97. The van der Waals surface area contributed by atoms with Crippen molar-refractivity contribution >= 4 is 0 Å². The summed E-state index contributed by atoms with van der Waals surface area (Å²) in [6.07, 6.45) is 2.62. The van der Waals surface area contributed by atoms with Gasteiger partial charge in [-0.3, -0.25) is 0 Å². The van der Waals surface area contributed by atoms with E-state index in [0.29, 0.717) is 12.5 Å². The number of hydrogen-bond donors (Lipinski definition) is 1. The smallest absolute Gasteiger partial charge is 0.119 e. The number of rotatable bonds is 6. The number of methoxy groups -OCH3 is 1. The molecule has 0 saturated heterocycles. The molecule has 1 aliphatic carbocycles. The largest absolute Gasteiger partial charge is 0.494 e. The van der Waals surface area contributed by atoms with Gasteiger partial charge in [0.15, 0.2) is 0 Å². The van der Waals surface area contributed by atoms with E-state index in [1.807, 2.05) is 31.2 Å². The van der Waals surface area contributed by atoms with Crippen LogP contribution in [0.5, 0.6) is 5.75 Å². The summed E-state index contributed by atoms with van der Waals surface area (Å²) in [5.41, 5.74) is 7.37. The molecule has 0 aliphatic heterocycles. The van der Waals surface area contributed by atoms with Gasteiger partial charge in [0.1, 0.15) is 5.75 Å². The molecule has 1 aliphatic rings. The highest BCUT2D eigenvalue weighted by atomic mass is 16.5. The van der Waals surface area contributed by atoms with Gasteiger partial charge in [-0.05, 0) is 43.4 Å². The summed E-state index contributed by atoms with van der Waals surface area (Å²) >= 11 is 0. The fourth-order valence-corrected chi connectivity index (χ4v) is 2.20. The van der Waals surface area contributed by atoms with Crippen LogP contribution in [0.2, 0.25) is 0 Å². The van der Waals surface area contributed by atoms with Crippen LogP contribution in [-0.2, 0) is 4.74 Å². The van der Waals surface area contributed by atoms with E-state index in [1.54, 1.807) is 7.11 Å². The number of benzene rings is 1. The average molecular weight is 235 g/mol. The van der Waals surface area contributed by atoms with Crippen LogP contribution in [0.1, 0.15) is 31.4 Å². The standard InChI is InChI=1S/C14H21NO2/c1-3-17-12-8-6-10(7-9-12)13(15)14(16-2)11-4-5-11/h6-9,11,13-14H,3-5,15H2,1-2H3. The third kappa shape index (κ3) is 2.99. The molecule has 2 unspecified atom stereocenters. The van der Waals surface area contributed by atoms with Crippen molar-refractivity contribution in [2.24, 2.45) is 11.7 Å². The van der Waals surface area contributed by atoms with Gasteiger partial charge in [-0.25, -0.2) is 0 Å². The average Bonchev–Trinajstić information content (AvgIpc) is 3.16. The first kappa shape index (κ1) is 12.4. The first-order chi connectivity index (χ1) is 8.26. The fourth-order valence-electron chi connectivity index (χ4n) is 2.20. The van der Waals surface area contributed by atoms with E-state index in [2.05, 4.69) is 0 Å². The molecule has 2 atom stereocenters. The van der Waals surface area contributed by atoms with Crippen LogP contribution >= 0.6 is 0 Å². The predicted molar refractivity (Wildman–Crippen MR) is 68.1 cm³/mol. The van der Waals surface area contributed by atoms with Crippen molar-refractivity contribution < 1.29 is 9.47 Å². The maximum absolute atomic E-state index is 6.25. The number of ether oxygens (including phenoxy) is 2. The Hall–Kier alpha value is -1.06. The summed E-state index contributed by atoms with van der Waals surface area (Å²) in [4.78, 5) is 0. The molecular formula is C14H21NO2. The number of hydrogen-bond acceptors (Lipinski definition) is 3. The number of nitrogens with two attached hydrogens (primary N) is 1. The van der Waals surface area contributed by atoms with Crippen molar-refractivity contribution in [2.75, 3.05) is 13.7 Å². The molecule has 0 amide bonds. The minimum atomic E-state index is -0.0387. The molecule has 94 valence electrons. The molecule has 1 aromatic rings. The van der Waals surface area contributed by atoms with Gasteiger partial charge in [0.2, 0.25) is 0 Å². The summed E-state index contributed by atoms with van der Waals surface area (Å²) in [6.45, 7) is 2.67. The first-order valence-electron chi connectivity index (χ1n) is 6.27. The van der Waals surface area contributed by atoms with Gasteiger partial charge >= 0.3 is 0 Å². The maximum Gasteiger partial charge on any atom is 0.119 e. The van der Waals surface area contributed by atoms with E-state index in [1.165, 1.54) is 12.8 Å². The van der Waals surface area contributed by atoms with Crippen molar-refractivity contribution in [2.45, 2.75) is 31.9 Å². The topological polar surface area (TPSA) is 44.5 Å². The zero-order chi connectivity index (χ0) is 12.3. The van der Waals surface area contributed by atoms with Gasteiger partial charge in [0.05, 0.1) is 18.8 Å². The maximum atomic E-state index is 6.25. The second kappa shape index (κ2) is 5.52. The van der Waals surface area contributed by atoms with Crippen LogP contribution in [0.25, 0.3) is 0 Å². The molecule has 2 rings (SSSR count). The van der Waals surface area contributed by atoms with Crippen molar-refractivity contribution in [1.29, 1.82) is 0 Å². The Kier molecular flexibility index (Phi) is 4.02. The molecule has 0 aromatic heterocycles. The Morgan fingerprint density at radius 2 is 1.94 bits per heavy atom. The van der Waals surface area contributed by atoms with Gasteiger partial charge in [-0.15, -0.1) is 0 Å². The van der Waals surface area contributed by atoms with Crippen LogP contribution in [0, 0.1) is 5.92 Å². The van der Waals surface area contributed by atoms with Gasteiger partial charge in [0.25, 0.3) is 0 Å².